The van der Waals surface area contributed by atoms with E-state index in [-0.39, 0.29) is 0 Å². The molecule has 4 nitrogen and oxygen atoms in total. The SMILES string of the molecule is CNCc1nc2cc(C)ncn2c1C. The summed E-state index contributed by atoms with van der Waals surface area (Å²) in [5.41, 5.74) is 4.21. The van der Waals surface area contributed by atoms with Gasteiger partial charge in [-0.3, -0.25) is 4.40 Å². The van der Waals surface area contributed by atoms with Crippen molar-refractivity contribution in [1.82, 2.24) is 19.7 Å². The lowest BCUT2D eigenvalue weighted by Gasteiger charge is -1.97. The van der Waals surface area contributed by atoms with Crippen LogP contribution in [0, 0.1) is 13.8 Å². The van der Waals surface area contributed by atoms with Crippen LogP contribution in [-0.2, 0) is 6.54 Å². The van der Waals surface area contributed by atoms with Crippen LogP contribution in [0.2, 0.25) is 0 Å². The summed E-state index contributed by atoms with van der Waals surface area (Å²) < 4.78 is 2.01. The average molecular weight is 190 g/mol. The first-order valence-electron chi connectivity index (χ1n) is 4.67. The van der Waals surface area contributed by atoms with E-state index >= 15 is 0 Å². The first-order valence-corrected chi connectivity index (χ1v) is 4.67. The molecular weight excluding hydrogens is 176 g/mol. The van der Waals surface area contributed by atoms with Crippen molar-refractivity contribution in [3.63, 3.8) is 0 Å². The second-order valence-electron chi connectivity index (χ2n) is 3.43. The molecule has 74 valence electrons. The minimum absolute atomic E-state index is 0.798. The van der Waals surface area contributed by atoms with Crippen molar-refractivity contribution in [2.45, 2.75) is 20.4 Å². The van der Waals surface area contributed by atoms with Gasteiger partial charge in [0, 0.05) is 24.0 Å². The maximum atomic E-state index is 4.52. The highest BCUT2D eigenvalue weighted by Gasteiger charge is 2.06. The van der Waals surface area contributed by atoms with Gasteiger partial charge >= 0.3 is 0 Å². The highest BCUT2D eigenvalue weighted by atomic mass is 15.1. The van der Waals surface area contributed by atoms with Gasteiger partial charge in [0.2, 0.25) is 0 Å². The number of imidazole rings is 1. The Bertz CT molecular complexity index is 458. The molecule has 0 aliphatic rings. The molecule has 0 fully saturated rings. The average Bonchev–Trinajstić information content (AvgIpc) is 2.44. The number of aryl methyl sites for hydroxylation is 2. The molecule has 2 heterocycles. The molecule has 0 atom stereocenters. The van der Waals surface area contributed by atoms with Gasteiger partial charge in [-0.2, -0.15) is 0 Å². The molecule has 2 aromatic heterocycles. The lowest BCUT2D eigenvalue weighted by Crippen LogP contribution is -2.06. The Morgan fingerprint density at radius 1 is 1.43 bits per heavy atom. The normalized spacial score (nSPS) is 11.1. The van der Waals surface area contributed by atoms with E-state index in [9.17, 15) is 0 Å². The quantitative estimate of drug-likeness (QED) is 0.770. The Hall–Kier alpha value is -1.42. The summed E-state index contributed by atoms with van der Waals surface area (Å²) >= 11 is 0. The fourth-order valence-corrected chi connectivity index (χ4v) is 1.54. The van der Waals surface area contributed by atoms with Crippen LogP contribution < -0.4 is 5.32 Å². The van der Waals surface area contributed by atoms with Crippen LogP contribution in [0.3, 0.4) is 0 Å². The van der Waals surface area contributed by atoms with Crippen LogP contribution in [0.25, 0.3) is 5.65 Å². The third kappa shape index (κ3) is 1.37. The molecule has 2 aromatic rings. The summed E-state index contributed by atoms with van der Waals surface area (Å²) in [5, 5.41) is 3.10. The molecular formula is C10H14N4. The first-order chi connectivity index (χ1) is 6.72. The topological polar surface area (TPSA) is 42.2 Å². The molecule has 2 rings (SSSR count). The Morgan fingerprint density at radius 2 is 2.21 bits per heavy atom. The molecule has 0 aromatic carbocycles. The number of aromatic nitrogens is 3. The number of rotatable bonds is 2. The highest BCUT2D eigenvalue weighted by molar-refractivity contribution is 5.43. The number of hydrogen-bond acceptors (Lipinski definition) is 3. The predicted molar refractivity (Wildman–Crippen MR) is 55.2 cm³/mol. The van der Waals surface area contributed by atoms with E-state index in [1.54, 1.807) is 0 Å². The lowest BCUT2D eigenvalue weighted by atomic mass is 10.3. The van der Waals surface area contributed by atoms with Crippen molar-refractivity contribution < 1.29 is 0 Å². The van der Waals surface area contributed by atoms with Crippen LogP contribution in [0.1, 0.15) is 17.1 Å². The first kappa shape index (κ1) is 9.15. The zero-order chi connectivity index (χ0) is 10.1. The largest absolute Gasteiger partial charge is 0.314 e. The van der Waals surface area contributed by atoms with Gasteiger partial charge < -0.3 is 5.32 Å². The summed E-state index contributed by atoms with van der Waals surface area (Å²) in [5.74, 6) is 0. The Morgan fingerprint density at radius 3 is 2.93 bits per heavy atom. The maximum Gasteiger partial charge on any atom is 0.140 e. The van der Waals surface area contributed by atoms with E-state index in [0.717, 1.165) is 29.3 Å². The van der Waals surface area contributed by atoms with Gasteiger partial charge in [-0.15, -0.1) is 0 Å². The van der Waals surface area contributed by atoms with Gasteiger partial charge in [0.05, 0.1) is 5.69 Å². The van der Waals surface area contributed by atoms with Crippen molar-refractivity contribution in [1.29, 1.82) is 0 Å². The molecule has 1 N–H and O–H groups in total. The summed E-state index contributed by atoms with van der Waals surface area (Å²) in [6.07, 6.45) is 1.83. The van der Waals surface area contributed by atoms with Gasteiger partial charge in [-0.1, -0.05) is 0 Å². The number of hydrogen-bond donors (Lipinski definition) is 1. The molecule has 0 unspecified atom stereocenters. The van der Waals surface area contributed by atoms with Gasteiger partial charge in [0.15, 0.2) is 0 Å². The third-order valence-electron chi connectivity index (χ3n) is 2.33. The molecule has 0 bridgehead atoms. The molecule has 0 aliphatic heterocycles. The maximum absolute atomic E-state index is 4.52. The minimum Gasteiger partial charge on any atom is -0.314 e. The summed E-state index contributed by atoms with van der Waals surface area (Å²) in [6.45, 7) is 4.83. The van der Waals surface area contributed by atoms with Gasteiger partial charge in [-0.05, 0) is 20.9 Å². The van der Waals surface area contributed by atoms with Crippen molar-refractivity contribution in [3.8, 4) is 0 Å². The molecule has 4 heteroatoms. The fraction of sp³-hybridized carbons (Fsp3) is 0.400. The van der Waals surface area contributed by atoms with Crippen molar-refractivity contribution in [2.24, 2.45) is 0 Å². The number of nitrogens with one attached hydrogen (secondary N) is 1. The fourth-order valence-electron chi connectivity index (χ4n) is 1.54. The van der Waals surface area contributed by atoms with Gasteiger partial charge in [0.1, 0.15) is 12.0 Å². The van der Waals surface area contributed by atoms with Crippen molar-refractivity contribution in [3.05, 3.63) is 29.5 Å². The van der Waals surface area contributed by atoms with Gasteiger partial charge in [-0.25, -0.2) is 9.97 Å². The molecule has 14 heavy (non-hydrogen) atoms. The summed E-state index contributed by atoms with van der Waals surface area (Å²) in [6, 6.07) is 1.99. The molecule has 0 radical (unpaired) electrons. The van der Waals surface area contributed by atoms with Crippen LogP contribution in [0.15, 0.2) is 12.4 Å². The van der Waals surface area contributed by atoms with E-state index in [4.69, 9.17) is 0 Å². The van der Waals surface area contributed by atoms with E-state index in [0.29, 0.717) is 0 Å². The highest BCUT2D eigenvalue weighted by Crippen LogP contribution is 2.11. The molecule has 0 aliphatic carbocycles. The summed E-state index contributed by atoms with van der Waals surface area (Å²) in [7, 11) is 1.92. The van der Waals surface area contributed by atoms with E-state index in [1.165, 1.54) is 0 Å². The van der Waals surface area contributed by atoms with Crippen molar-refractivity contribution >= 4 is 5.65 Å². The second kappa shape index (κ2) is 3.38. The number of nitrogens with zero attached hydrogens (tertiary/aromatic N) is 3. The minimum atomic E-state index is 0.798. The second-order valence-corrected chi connectivity index (χ2v) is 3.43. The van der Waals surface area contributed by atoms with Gasteiger partial charge in [0.25, 0.3) is 0 Å². The zero-order valence-corrected chi connectivity index (χ0v) is 8.70. The van der Waals surface area contributed by atoms with Crippen LogP contribution in [-0.4, -0.2) is 21.4 Å². The Balaban J connectivity index is 2.61. The predicted octanol–water partition coefficient (Wildman–Crippen LogP) is 1.07. The Kier molecular flexibility index (Phi) is 2.21. The monoisotopic (exact) mass is 190 g/mol. The number of fused-ring (bicyclic) bond motifs is 1. The smallest absolute Gasteiger partial charge is 0.140 e. The van der Waals surface area contributed by atoms with Crippen molar-refractivity contribution in [2.75, 3.05) is 7.05 Å². The molecule has 0 spiro atoms. The van der Waals surface area contributed by atoms with E-state index in [2.05, 4.69) is 22.2 Å². The Labute approximate surface area is 83.0 Å². The van der Waals surface area contributed by atoms with Crippen LogP contribution >= 0.6 is 0 Å². The third-order valence-corrected chi connectivity index (χ3v) is 2.33. The van der Waals surface area contributed by atoms with E-state index in [1.807, 2.05) is 30.8 Å². The lowest BCUT2D eigenvalue weighted by molar-refractivity contribution is 0.789. The molecule has 0 amide bonds. The molecule has 0 saturated heterocycles. The molecule has 0 saturated carbocycles. The summed E-state index contributed by atoms with van der Waals surface area (Å²) in [4.78, 5) is 8.77. The standard InChI is InChI=1S/C10H14N4/c1-7-4-10-13-9(5-11-3)8(2)14(10)6-12-7/h4,6,11H,5H2,1-3H3. The van der Waals surface area contributed by atoms with E-state index < -0.39 is 0 Å². The zero-order valence-electron chi connectivity index (χ0n) is 8.70. The van der Waals surface area contributed by atoms with Crippen LogP contribution in [0.5, 0.6) is 0 Å². The van der Waals surface area contributed by atoms with Crippen LogP contribution in [0.4, 0.5) is 0 Å².